The molecule has 2 aliphatic rings. The first kappa shape index (κ1) is 25.1. The lowest BCUT2D eigenvalue weighted by atomic mass is 9.65. The highest BCUT2D eigenvalue weighted by atomic mass is 35.5. The first-order valence-corrected chi connectivity index (χ1v) is 10.4. The monoisotopic (exact) mass is 464 g/mol. The Morgan fingerprint density at radius 3 is 2.29 bits per heavy atom. The second kappa shape index (κ2) is 10.9. The number of anilines is 2. The number of halogens is 2. The summed E-state index contributed by atoms with van der Waals surface area (Å²) in [5, 5.41) is 5.98. The molecule has 1 aromatic carbocycles. The highest BCUT2D eigenvalue weighted by Crippen LogP contribution is 2.42. The van der Waals surface area contributed by atoms with Crippen molar-refractivity contribution in [2.45, 2.75) is 45.1 Å². The van der Waals surface area contributed by atoms with Crippen LogP contribution < -0.4 is 16.4 Å². The minimum Gasteiger partial charge on any atom is -0.327 e. The molecule has 2 unspecified atom stereocenters. The van der Waals surface area contributed by atoms with Gasteiger partial charge in [-0.15, -0.1) is 24.8 Å². The maximum atomic E-state index is 12.9. The first-order chi connectivity index (χ1) is 14.0. The Kier molecular flexibility index (Phi) is 8.86. The molecule has 2 saturated carbocycles. The van der Waals surface area contributed by atoms with E-state index in [0.29, 0.717) is 28.8 Å². The molecular weight excluding hydrogens is 435 g/mol. The quantitative estimate of drug-likeness (QED) is 0.616. The van der Waals surface area contributed by atoms with E-state index in [4.69, 9.17) is 5.73 Å². The topological polar surface area (TPSA) is 97.1 Å². The number of carbonyl (C=O) groups excluding carboxylic acids is 2. The number of fused-ring (bicyclic) bond motifs is 2. The normalized spacial score (nSPS) is 24.2. The van der Waals surface area contributed by atoms with Gasteiger partial charge >= 0.3 is 0 Å². The molecule has 1 aromatic heterocycles. The van der Waals surface area contributed by atoms with Crippen molar-refractivity contribution in [3.8, 4) is 0 Å². The van der Waals surface area contributed by atoms with Crippen molar-refractivity contribution in [3.05, 3.63) is 53.9 Å². The summed E-state index contributed by atoms with van der Waals surface area (Å²) in [5.41, 5.74) is 9.22. The number of pyridine rings is 1. The molecule has 0 radical (unpaired) electrons. The largest absolute Gasteiger partial charge is 0.327 e. The van der Waals surface area contributed by atoms with Crippen LogP contribution in [0.3, 0.4) is 0 Å². The molecule has 0 saturated heterocycles. The molecule has 2 fully saturated rings. The second-order valence-electron chi connectivity index (χ2n) is 8.41. The molecule has 0 aliphatic heterocycles. The predicted molar refractivity (Wildman–Crippen MR) is 128 cm³/mol. The van der Waals surface area contributed by atoms with Gasteiger partial charge in [0.25, 0.3) is 5.91 Å². The van der Waals surface area contributed by atoms with Crippen molar-refractivity contribution in [3.63, 3.8) is 0 Å². The minimum absolute atomic E-state index is 0. The Bertz CT molecular complexity index is 896. The van der Waals surface area contributed by atoms with Crippen LogP contribution in [0.4, 0.5) is 11.4 Å². The van der Waals surface area contributed by atoms with Gasteiger partial charge in [0.1, 0.15) is 0 Å². The summed E-state index contributed by atoms with van der Waals surface area (Å²) in [6.07, 6.45) is 8.43. The van der Waals surface area contributed by atoms with Crippen LogP contribution >= 0.6 is 24.8 Å². The van der Waals surface area contributed by atoms with Crippen LogP contribution in [0, 0.1) is 24.7 Å². The zero-order valence-corrected chi connectivity index (χ0v) is 19.2. The SMILES string of the molecule is Cc1ccc(NC(=O)C2CC3CCCC(C2)C3N)cc1NC(=O)c1ccncc1.Cl.Cl. The van der Waals surface area contributed by atoms with Crippen molar-refractivity contribution in [2.75, 3.05) is 10.6 Å². The number of nitrogens with zero attached hydrogens (tertiary/aromatic N) is 1. The third-order valence-corrected chi connectivity index (χ3v) is 6.48. The highest BCUT2D eigenvalue weighted by Gasteiger charge is 2.40. The van der Waals surface area contributed by atoms with E-state index in [1.807, 2.05) is 25.1 Å². The summed E-state index contributed by atoms with van der Waals surface area (Å²) in [6, 6.07) is 9.19. The van der Waals surface area contributed by atoms with E-state index in [-0.39, 0.29) is 48.6 Å². The van der Waals surface area contributed by atoms with Crippen LogP contribution in [0.15, 0.2) is 42.7 Å². The molecular formula is C23H30Cl2N4O2. The average molecular weight is 465 g/mol. The Morgan fingerprint density at radius 1 is 1.00 bits per heavy atom. The zero-order chi connectivity index (χ0) is 20.4. The van der Waals surface area contributed by atoms with Crippen LogP contribution in [0.1, 0.15) is 48.0 Å². The molecule has 2 atom stereocenters. The number of aromatic nitrogens is 1. The summed E-state index contributed by atoms with van der Waals surface area (Å²) in [4.78, 5) is 29.3. The number of hydrogen-bond donors (Lipinski definition) is 3. The van der Waals surface area contributed by atoms with Crippen LogP contribution in [-0.4, -0.2) is 22.8 Å². The number of nitrogens with one attached hydrogen (secondary N) is 2. The number of aryl methyl sites for hydroxylation is 1. The third kappa shape index (κ3) is 5.76. The molecule has 31 heavy (non-hydrogen) atoms. The van der Waals surface area contributed by atoms with Gasteiger partial charge in [-0.05, 0) is 74.3 Å². The Hall–Kier alpha value is -2.15. The van der Waals surface area contributed by atoms with E-state index in [1.165, 1.54) is 6.42 Å². The van der Waals surface area contributed by atoms with Crippen molar-refractivity contribution in [1.82, 2.24) is 4.98 Å². The first-order valence-electron chi connectivity index (χ1n) is 10.4. The zero-order valence-electron chi connectivity index (χ0n) is 17.5. The molecule has 4 N–H and O–H groups in total. The van der Waals surface area contributed by atoms with Crippen molar-refractivity contribution < 1.29 is 9.59 Å². The average Bonchev–Trinajstić information content (AvgIpc) is 2.71. The molecule has 168 valence electrons. The van der Waals surface area contributed by atoms with Gasteiger partial charge in [0, 0.05) is 41.3 Å². The number of hydrogen-bond acceptors (Lipinski definition) is 4. The number of benzene rings is 1. The van der Waals surface area contributed by atoms with Crippen molar-refractivity contribution >= 4 is 48.0 Å². The summed E-state index contributed by atoms with van der Waals surface area (Å²) in [7, 11) is 0. The summed E-state index contributed by atoms with van der Waals surface area (Å²) >= 11 is 0. The van der Waals surface area contributed by atoms with Gasteiger partial charge in [0.05, 0.1) is 0 Å². The molecule has 8 heteroatoms. The van der Waals surface area contributed by atoms with E-state index < -0.39 is 0 Å². The standard InChI is InChI=1S/C23H28N4O2.2ClH/c1-14-5-6-19(13-20(14)27-22(28)15-7-9-25-10-8-15)26-23(29)18-11-16-3-2-4-17(12-18)21(16)24;;/h5-10,13,16-18,21H,2-4,11-12,24H2,1H3,(H,26,29)(H,27,28);2*1H. The van der Waals surface area contributed by atoms with Gasteiger partial charge in [-0.3, -0.25) is 14.6 Å². The lowest BCUT2D eigenvalue weighted by Crippen LogP contribution is -2.48. The Balaban J connectivity index is 0.00000171. The van der Waals surface area contributed by atoms with E-state index in [0.717, 1.165) is 31.2 Å². The van der Waals surface area contributed by atoms with Crippen LogP contribution in [0.2, 0.25) is 0 Å². The maximum absolute atomic E-state index is 12.9. The van der Waals surface area contributed by atoms with Gasteiger partial charge in [0.15, 0.2) is 0 Å². The van der Waals surface area contributed by atoms with Gasteiger partial charge in [-0.25, -0.2) is 0 Å². The van der Waals surface area contributed by atoms with Crippen molar-refractivity contribution in [2.24, 2.45) is 23.5 Å². The summed E-state index contributed by atoms with van der Waals surface area (Å²) < 4.78 is 0. The lowest BCUT2D eigenvalue weighted by molar-refractivity contribution is -0.122. The molecule has 4 rings (SSSR count). The summed E-state index contributed by atoms with van der Waals surface area (Å²) in [5.74, 6) is 0.802. The number of amides is 2. The lowest BCUT2D eigenvalue weighted by Gasteiger charge is -2.43. The summed E-state index contributed by atoms with van der Waals surface area (Å²) in [6.45, 7) is 1.93. The fraction of sp³-hybridized carbons (Fsp3) is 0.435. The van der Waals surface area contributed by atoms with Crippen molar-refractivity contribution in [1.29, 1.82) is 0 Å². The van der Waals surface area contributed by atoms with Gasteiger partial charge in [0.2, 0.25) is 5.91 Å². The van der Waals surface area contributed by atoms with E-state index in [2.05, 4.69) is 15.6 Å². The van der Waals surface area contributed by atoms with E-state index in [9.17, 15) is 9.59 Å². The number of rotatable bonds is 4. The fourth-order valence-electron chi connectivity index (χ4n) is 4.78. The van der Waals surface area contributed by atoms with E-state index in [1.54, 1.807) is 24.5 Å². The van der Waals surface area contributed by atoms with Crippen LogP contribution in [0.25, 0.3) is 0 Å². The van der Waals surface area contributed by atoms with Crippen LogP contribution in [-0.2, 0) is 4.79 Å². The molecule has 6 nitrogen and oxygen atoms in total. The van der Waals surface area contributed by atoms with Gasteiger partial charge in [-0.2, -0.15) is 0 Å². The Morgan fingerprint density at radius 2 is 1.65 bits per heavy atom. The smallest absolute Gasteiger partial charge is 0.255 e. The molecule has 2 aromatic rings. The van der Waals surface area contributed by atoms with Crippen LogP contribution in [0.5, 0.6) is 0 Å². The number of carbonyl (C=O) groups is 2. The minimum atomic E-state index is -0.201. The maximum Gasteiger partial charge on any atom is 0.255 e. The van der Waals surface area contributed by atoms with E-state index >= 15 is 0 Å². The predicted octanol–water partition coefficient (Wildman–Crippen LogP) is 4.58. The highest BCUT2D eigenvalue weighted by molar-refractivity contribution is 6.05. The fourth-order valence-corrected chi connectivity index (χ4v) is 4.78. The Labute approximate surface area is 195 Å². The molecule has 2 amide bonds. The second-order valence-corrected chi connectivity index (χ2v) is 8.41. The molecule has 2 bridgehead atoms. The molecule has 2 aliphatic carbocycles. The van der Waals surface area contributed by atoms with Gasteiger partial charge < -0.3 is 16.4 Å². The molecule has 1 heterocycles. The third-order valence-electron chi connectivity index (χ3n) is 6.48. The van der Waals surface area contributed by atoms with Gasteiger partial charge in [-0.1, -0.05) is 12.5 Å². The molecule has 0 spiro atoms. The number of nitrogens with two attached hydrogens (primary N) is 1.